The average molecular weight is 831 g/mol. The first kappa shape index (κ1) is 41.8. The molecule has 3 aromatic rings. The number of fused-ring (bicyclic) bond motifs is 3. The number of alkyl carbamates (subject to hydrolysis) is 2. The Balaban J connectivity index is 0.921. The first-order chi connectivity index (χ1) is 29.4. The van der Waals surface area contributed by atoms with E-state index in [2.05, 4.69) is 69.5 Å². The van der Waals surface area contributed by atoms with E-state index in [0.717, 1.165) is 73.2 Å². The van der Waals surface area contributed by atoms with Crippen LogP contribution in [0.3, 0.4) is 0 Å². The molecule has 3 aliphatic heterocycles. The van der Waals surface area contributed by atoms with Crippen LogP contribution in [0.1, 0.15) is 96.0 Å². The van der Waals surface area contributed by atoms with Crippen LogP contribution >= 0.6 is 0 Å². The van der Waals surface area contributed by atoms with Crippen molar-refractivity contribution in [2.75, 3.05) is 33.9 Å². The molecule has 2 aliphatic carbocycles. The maximum absolute atomic E-state index is 13.7. The minimum atomic E-state index is -0.681. The first-order valence-electron chi connectivity index (χ1n) is 21.8. The molecule has 322 valence electrons. The third-order valence-electron chi connectivity index (χ3n) is 13.0. The number of benzene rings is 2. The number of hydrogen-bond acceptors (Lipinski definition) is 9. The number of nitrogens with zero attached hydrogens (tertiary/aromatic N) is 4. The maximum atomic E-state index is 13.7. The molecule has 61 heavy (non-hydrogen) atoms. The molecule has 0 saturated carbocycles. The van der Waals surface area contributed by atoms with Gasteiger partial charge in [-0.2, -0.15) is 0 Å². The second-order valence-corrected chi connectivity index (χ2v) is 17.5. The summed E-state index contributed by atoms with van der Waals surface area (Å²) in [4.78, 5) is 68.4. The van der Waals surface area contributed by atoms with E-state index in [1.54, 1.807) is 0 Å². The molecule has 2 aromatic carbocycles. The number of methoxy groups -OCH3 is 2. The van der Waals surface area contributed by atoms with E-state index in [1.165, 1.54) is 47.6 Å². The summed E-state index contributed by atoms with van der Waals surface area (Å²) in [5, 5.41) is 11.4. The van der Waals surface area contributed by atoms with Crippen molar-refractivity contribution in [2.45, 2.75) is 103 Å². The van der Waals surface area contributed by atoms with Crippen LogP contribution in [0.4, 0.5) is 9.59 Å². The van der Waals surface area contributed by atoms with Gasteiger partial charge in [-0.05, 0) is 90.3 Å². The lowest BCUT2D eigenvalue weighted by atomic mass is 9.77. The van der Waals surface area contributed by atoms with Crippen LogP contribution in [-0.4, -0.2) is 102 Å². The van der Waals surface area contributed by atoms with Gasteiger partial charge in [0.1, 0.15) is 23.7 Å². The number of amides is 4. The third-order valence-corrected chi connectivity index (χ3v) is 13.0. The number of nitrogens with one attached hydrogen (secondary N) is 4. The molecule has 8 rings (SSSR count). The van der Waals surface area contributed by atoms with Crippen molar-refractivity contribution in [3.8, 4) is 11.3 Å². The highest BCUT2D eigenvalue weighted by Crippen LogP contribution is 2.42. The van der Waals surface area contributed by atoms with Crippen LogP contribution in [0, 0.1) is 11.8 Å². The molecule has 4 heterocycles. The molecule has 1 unspecified atom stereocenters. The molecular weight excluding hydrogens is 773 g/mol. The Morgan fingerprint density at radius 3 is 2.13 bits per heavy atom. The zero-order valence-corrected chi connectivity index (χ0v) is 36.0. The normalized spacial score (nSPS) is 22.2. The molecule has 2 saturated heterocycles. The van der Waals surface area contributed by atoms with Crippen molar-refractivity contribution in [3.63, 3.8) is 0 Å². The van der Waals surface area contributed by atoms with Gasteiger partial charge >= 0.3 is 12.2 Å². The Labute approximate surface area is 357 Å². The monoisotopic (exact) mass is 830 g/mol. The van der Waals surface area contributed by atoms with Crippen LogP contribution in [0.15, 0.2) is 82.2 Å². The van der Waals surface area contributed by atoms with Crippen molar-refractivity contribution < 1.29 is 28.7 Å². The van der Waals surface area contributed by atoms with Gasteiger partial charge < -0.3 is 40.2 Å². The van der Waals surface area contributed by atoms with Gasteiger partial charge in [-0.15, -0.1) is 0 Å². The minimum Gasteiger partial charge on any atom is -0.453 e. The molecule has 2 fully saturated rings. The van der Waals surface area contributed by atoms with Gasteiger partial charge in [0.25, 0.3) is 0 Å². The number of hydrogen-bond donors (Lipinski definition) is 4. The third kappa shape index (κ3) is 8.41. The molecule has 4 amide bonds. The topological polar surface area (TPSA) is 170 Å². The number of carbonyl (C=O) groups excluding carboxylic acids is 4. The molecule has 0 radical (unpaired) electrons. The maximum Gasteiger partial charge on any atom is 0.407 e. The highest BCUT2D eigenvalue weighted by Gasteiger charge is 2.40. The van der Waals surface area contributed by atoms with Gasteiger partial charge in [-0.25, -0.2) is 14.6 Å². The number of carbonyl (C=O) groups is 4. The predicted molar refractivity (Wildman–Crippen MR) is 234 cm³/mol. The van der Waals surface area contributed by atoms with Crippen molar-refractivity contribution in [1.29, 1.82) is 0 Å². The number of likely N-dealkylation sites (tertiary alicyclic amines) is 2. The quantitative estimate of drug-likeness (QED) is 0.169. The van der Waals surface area contributed by atoms with Gasteiger partial charge in [0.05, 0.1) is 44.7 Å². The number of ether oxygens (including phenoxy) is 2. The number of aromatic amines is 1. The van der Waals surface area contributed by atoms with E-state index < -0.39 is 24.3 Å². The molecule has 14 nitrogen and oxygen atoms in total. The van der Waals surface area contributed by atoms with Crippen LogP contribution in [0.5, 0.6) is 0 Å². The lowest BCUT2D eigenvalue weighted by Crippen LogP contribution is -2.55. The number of rotatable bonds is 10. The summed E-state index contributed by atoms with van der Waals surface area (Å²) in [6, 6.07) is 11.5. The Morgan fingerprint density at radius 2 is 1.46 bits per heavy atom. The molecule has 0 bridgehead atoms. The molecule has 5 aliphatic rings. The average Bonchev–Trinajstić information content (AvgIpc) is 4.08. The van der Waals surface area contributed by atoms with E-state index in [1.807, 2.05) is 43.7 Å². The van der Waals surface area contributed by atoms with Gasteiger partial charge in [0.2, 0.25) is 11.8 Å². The smallest absolute Gasteiger partial charge is 0.407 e. The second kappa shape index (κ2) is 17.6. The Morgan fingerprint density at radius 1 is 0.820 bits per heavy atom. The van der Waals surface area contributed by atoms with E-state index >= 15 is 0 Å². The number of aliphatic imine (C=N–C) groups is 1. The lowest BCUT2D eigenvalue weighted by Gasteiger charge is -2.36. The largest absolute Gasteiger partial charge is 0.453 e. The zero-order valence-electron chi connectivity index (χ0n) is 36.0. The first-order valence-corrected chi connectivity index (χ1v) is 21.8. The Hall–Kier alpha value is -5.92. The van der Waals surface area contributed by atoms with E-state index in [-0.39, 0.29) is 41.7 Å². The van der Waals surface area contributed by atoms with Crippen LogP contribution in [0.2, 0.25) is 0 Å². The molecular formula is C47H58N8O6. The molecule has 4 N–H and O–H groups in total. The zero-order chi connectivity index (χ0) is 42.9. The molecule has 1 aromatic heterocycles. The molecule has 5 atom stereocenters. The van der Waals surface area contributed by atoms with Gasteiger partial charge in [0.15, 0.2) is 0 Å². The van der Waals surface area contributed by atoms with Gasteiger partial charge in [-0.1, -0.05) is 70.2 Å². The van der Waals surface area contributed by atoms with Crippen molar-refractivity contribution >= 4 is 40.6 Å². The van der Waals surface area contributed by atoms with Gasteiger partial charge in [0, 0.05) is 35.8 Å². The number of aromatic nitrogens is 2. The summed E-state index contributed by atoms with van der Waals surface area (Å²) < 4.78 is 9.58. The van der Waals surface area contributed by atoms with Crippen molar-refractivity contribution in [3.05, 3.63) is 88.6 Å². The number of imidazole rings is 1. The summed E-state index contributed by atoms with van der Waals surface area (Å²) in [5.74, 6) is 1.46. The summed E-state index contributed by atoms with van der Waals surface area (Å²) in [6.07, 6.45) is 11.6. The van der Waals surface area contributed by atoms with Crippen molar-refractivity contribution in [2.24, 2.45) is 16.8 Å². The van der Waals surface area contributed by atoms with E-state index in [9.17, 15) is 19.2 Å². The van der Waals surface area contributed by atoms with E-state index in [4.69, 9.17) is 19.5 Å². The fourth-order valence-corrected chi connectivity index (χ4v) is 9.68. The summed E-state index contributed by atoms with van der Waals surface area (Å²) in [7, 11) is 2.61. The fraction of sp³-hybridized carbons (Fsp3) is 0.489. The van der Waals surface area contributed by atoms with Gasteiger partial charge in [-0.3, -0.25) is 14.6 Å². The Bertz CT molecular complexity index is 2340. The SMILES string of the molecule is COC(=O)N[C@H](C(=O)N1CCC[C@H]1C1=NCC2=C(CCC3=CC(c4ccc5cc(-c6cnc([C@@H]7CCCN7C(=O)[C@@H](NC(=O)OC)C(C)C)[nH]6)ccc5c4)CC=C32)N1)C(C)C. The van der Waals surface area contributed by atoms with Crippen LogP contribution in [-0.2, 0) is 19.1 Å². The number of H-pyrrole nitrogens is 1. The highest BCUT2D eigenvalue weighted by molar-refractivity contribution is 5.96. The summed E-state index contributed by atoms with van der Waals surface area (Å²) in [5.41, 5.74) is 8.31. The minimum absolute atomic E-state index is 0.0851. The number of amidine groups is 1. The summed E-state index contributed by atoms with van der Waals surface area (Å²) >= 11 is 0. The predicted octanol–water partition coefficient (Wildman–Crippen LogP) is 7.04. The fourth-order valence-electron chi connectivity index (χ4n) is 9.68. The van der Waals surface area contributed by atoms with Crippen LogP contribution < -0.4 is 16.0 Å². The van der Waals surface area contributed by atoms with E-state index in [0.29, 0.717) is 19.6 Å². The standard InChI is InChI=1S/C47H58N8O6/c1-26(2)40(52-46(58)60-5)44(56)54-19-7-9-38(54)42-48-24-35-34-17-15-31(22-32(34)16-18-36(35)50-42)28-11-12-30-23-33(14-13-29(30)21-28)37-25-49-43(51-37)39-10-8-20-55(39)45(57)41(27(3)4)53-47(59)61-6/h11-14,17,21-23,25-27,31,38-41H,7-10,15-16,18-20,24H2,1-6H3,(H,48,50)(H,49,51)(H,52,58)(H,53,59)/t31?,38-,39-,40-,41-/m0/s1. The highest BCUT2D eigenvalue weighted by atomic mass is 16.5. The van der Waals surface area contributed by atoms with Crippen molar-refractivity contribution in [1.82, 2.24) is 35.7 Å². The Kier molecular flexibility index (Phi) is 12.1. The second-order valence-electron chi connectivity index (χ2n) is 17.5. The lowest BCUT2D eigenvalue weighted by molar-refractivity contribution is -0.135. The van der Waals surface area contributed by atoms with Crippen LogP contribution in [0.25, 0.3) is 22.0 Å². The molecule has 14 heteroatoms. The number of allylic oxidation sites excluding steroid dienone is 4. The molecule has 0 spiro atoms. The summed E-state index contributed by atoms with van der Waals surface area (Å²) in [6.45, 7) is 9.50.